The number of anilines is 1. The summed E-state index contributed by atoms with van der Waals surface area (Å²) < 4.78 is 41.3. The second kappa shape index (κ2) is 9.09. The van der Waals surface area contributed by atoms with E-state index in [1.54, 1.807) is 6.07 Å². The average Bonchev–Trinajstić information content (AvgIpc) is 2.74. The van der Waals surface area contributed by atoms with Crippen LogP contribution in [0.5, 0.6) is 0 Å². The minimum atomic E-state index is -4.05. The Bertz CT molecular complexity index is 1150. The molecule has 0 bridgehead atoms. The summed E-state index contributed by atoms with van der Waals surface area (Å²) in [5, 5.41) is 2.94. The number of carbonyl (C=O) groups excluding carboxylic acids is 1. The van der Waals surface area contributed by atoms with Crippen LogP contribution in [-0.4, -0.2) is 14.3 Å². The third-order valence-electron chi connectivity index (χ3n) is 4.72. The molecule has 0 fully saturated rings. The van der Waals surface area contributed by atoms with Gasteiger partial charge in [-0.3, -0.25) is 9.52 Å². The quantitative estimate of drug-likeness (QED) is 0.569. The van der Waals surface area contributed by atoms with Crippen LogP contribution in [0.25, 0.3) is 0 Å². The number of benzene rings is 3. The number of para-hydroxylation sites is 1. The van der Waals surface area contributed by atoms with Crippen molar-refractivity contribution in [3.8, 4) is 0 Å². The first kappa shape index (κ1) is 21.5. The molecule has 3 aromatic carbocycles. The van der Waals surface area contributed by atoms with Gasteiger partial charge in [0.05, 0.1) is 16.6 Å². The third kappa shape index (κ3) is 5.04. The van der Waals surface area contributed by atoms with E-state index in [4.69, 9.17) is 0 Å². The van der Waals surface area contributed by atoms with Gasteiger partial charge < -0.3 is 5.32 Å². The standard InChI is InChI=1S/C23H23FN2O3S/c1-3-21(17-13-11-16(2)12-14-17)25-23(27)18-7-6-8-19(15-18)30(28,29)26-22-10-5-4-9-20(22)24/h4-15,21,26H,3H2,1-2H3,(H,25,27). The number of aryl methyl sites for hydroxylation is 1. The summed E-state index contributed by atoms with van der Waals surface area (Å²) in [6, 6.07) is 18.8. The Hall–Kier alpha value is -3.19. The summed E-state index contributed by atoms with van der Waals surface area (Å²) in [6.45, 7) is 3.95. The van der Waals surface area contributed by atoms with Crippen molar-refractivity contribution >= 4 is 21.6 Å². The van der Waals surface area contributed by atoms with Gasteiger partial charge in [0.25, 0.3) is 15.9 Å². The maximum Gasteiger partial charge on any atom is 0.262 e. The van der Waals surface area contributed by atoms with Crippen molar-refractivity contribution < 1.29 is 17.6 Å². The van der Waals surface area contributed by atoms with Gasteiger partial charge in [-0.1, -0.05) is 55.0 Å². The molecule has 1 amide bonds. The molecule has 7 heteroatoms. The Labute approximate surface area is 176 Å². The lowest BCUT2D eigenvalue weighted by Crippen LogP contribution is -2.28. The van der Waals surface area contributed by atoms with Crippen LogP contribution >= 0.6 is 0 Å². The molecule has 3 rings (SSSR count). The van der Waals surface area contributed by atoms with Gasteiger partial charge >= 0.3 is 0 Å². The highest BCUT2D eigenvalue weighted by Gasteiger charge is 2.19. The van der Waals surface area contributed by atoms with E-state index in [1.165, 1.54) is 36.4 Å². The fourth-order valence-corrected chi connectivity index (χ4v) is 4.13. The molecule has 0 aromatic heterocycles. The van der Waals surface area contributed by atoms with Crippen molar-refractivity contribution in [3.63, 3.8) is 0 Å². The smallest absolute Gasteiger partial charge is 0.262 e. The fraction of sp³-hybridized carbons (Fsp3) is 0.174. The summed E-state index contributed by atoms with van der Waals surface area (Å²) in [4.78, 5) is 12.6. The van der Waals surface area contributed by atoms with Gasteiger partial charge in [-0.2, -0.15) is 0 Å². The van der Waals surface area contributed by atoms with Crippen molar-refractivity contribution in [1.82, 2.24) is 5.32 Å². The summed E-state index contributed by atoms with van der Waals surface area (Å²) in [5.74, 6) is -1.07. The van der Waals surface area contributed by atoms with Crippen LogP contribution in [0.3, 0.4) is 0 Å². The topological polar surface area (TPSA) is 75.3 Å². The lowest BCUT2D eigenvalue weighted by atomic mass is 10.0. The monoisotopic (exact) mass is 426 g/mol. The lowest BCUT2D eigenvalue weighted by molar-refractivity contribution is 0.0935. The van der Waals surface area contributed by atoms with Crippen molar-refractivity contribution in [3.05, 3.63) is 95.3 Å². The van der Waals surface area contributed by atoms with E-state index in [-0.39, 0.29) is 28.1 Å². The van der Waals surface area contributed by atoms with E-state index in [9.17, 15) is 17.6 Å². The first-order valence-electron chi connectivity index (χ1n) is 9.55. The summed E-state index contributed by atoms with van der Waals surface area (Å²) >= 11 is 0. The Morgan fingerprint density at radius 2 is 1.70 bits per heavy atom. The molecule has 0 aliphatic carbocycles. The van der Waals surface area contributed by atoms with Gasteiger partial charge in [-0.25, -0.2) is 12.8 Å². The molecular formula is C23H23FN2O3S. The molecule has 2 N–H and O–H groups in total. The Morgan fingerprint density at radius 3 is 2.37 bits per heavy atom. The highest BCUT2D eigenvalue weighted by molar-refractivity contribution is 7.92. The number of hydrogen-bond donors (Lipinski definition) is 2. The molecule has 0 spiro atoms. The van der Waals surface area contributed by atoms with E-state index in [0.29, 0.717) is 6.42 Å². The Balaban J connectivity index is 1.81. The van der Waals surface area contributed by atoms with E-state index < -0.39 is 15.8 Å². The number of amides is 1. The number of carbonyl (C=O) groups is 1. The molecule has 3 aromatic rings. The first-order valence-corrected chi connectivity index (χ1v) is 11.0. The normalized spacial score (nSPS) is 12.2. The second-order valence-corrected chi connectivity index (χ2v) is 8.64. The zero-order valence-electron chi connectivity index (χ0n) is 16.7. The molecule has 1 atom stereocenters. The minimum Gasteiger partial charge on any atom is -0.345 e. The average molecular weight is 427 g/mol. The lowest BCUT2D eigenvalue weighted by Gasteiger charge is -2.18. The summed E-state index contributed by atoms with van der Waals surface area (Å²) in [7, 11) is -4.05. The Kier molecular flexibility index (Phi) is 6.52. The zero-order chi connectivity index (χ0) is 21.7. The van der Waals surface area contributed by atoms with Crippen LogP contribution in [0.15, 0.2) is 77.7 Å². The molecular weight excluding hydrogens is 403 g/mol. The number of rotatable bonds is 7. The van der Waals surface area contributed by atoms with Gasteiger partial charge in [0.15, 0.2) is 0 Å². The summed E-state index contributed by atoms with van der Waals surface area (Å²) in [5.41, 5.74) is 2.15. The van der Waals surface area contributed by atoms with Gasteiger partial charge in [0.1, 0.15) is 5.82 Å². The van der Waals surface area contributed by atoms with E-state index in [0.717, 1.165) is 17.2 Å². The molecule has 0 heterocycles. The zero-order valence-corrected chi connectivity index (χ0v) is 17.5. The van der Waals surface area contributed by atoms with Crippen molar-refractivity contribution in [2.24, 2.45) is 0 Å². The molecule has 1 unspecified atom stereocenters. The van der Waals surface area contributed by atoms with Gasteiger partial charge in [-0.05, 0) is 49.2 Å². The summed E-state index contributed by atoms with van der Waals surface area (Å²) in [6.07, 6.45) is 0.682. The molecule has 5 nitrogen and oxygen atoms in total. The highest BCUT2D eigenvalue weighted by atomic mass is 32.2. The second-order valence-electron chi connectivity index (χ2n) is 6.96. The van der Waals surface area contributed by atoms with Crippen molar-refractivity contribution in [2.45, 2.75) is 31.2 Å². The fourth-order valence-electron chi connectivity index (χ4n) is 3.01. The highest BCUT2D eigenvalue weighted by Crippen LogP contribution is 2.21. The van der Waals surface area contributed by atoms with Gasteiger partial charge in [-0.15, -0.1) is 0 Å². The Morgan fingerprint density at radius 1 is 1.00 bits per heavy atom. The van der Waals surface area contributed by atoms with Gasteiger partial charge in [0, 0.05) is 5.56 Å². The van der Waals surface area contributed by atoms with Crippen LogP contribution < -0.4 is 10.0 Å². The maximum atomic E-state index is 13.8. The largest absolute Gasteiger partial charge is 0.345 e. The SMILES string of the molecule is CCC(NC(=O)c1cccc(S(=O)(=O)Nc2ccccc2F)c1)c1ccc(C)cc1. The van der Waals surface area contributed by atoms with E-state index in [2.05, 4.69) is 10.0 Å². The predicted octanol–water partition coefficient (Wildman–Crippen LogP) is 4.82. The third-order valence-corrected chi connectivity index (χ3v) is 6.08. The van der Waals surface area contributed by atoms with Crippen molar-refractivity contribution in [1.29, 1.82) is 0 Å². The maximum absolute atomic E-state index is 13.8. The predicted molar refractivity (Wildman–Crippen MR) is 115 cm³/mol. The molecule has 0 aliphatic heterocycles. The number of halogens is 1. The molecule has 0 saturated carbocycles. The molecule has 0 radical (unpaired) electrons. The van der Waals surface area contributed by atoms with Crippen molar-refractivity contribution in [2.75, 3.05) is 4.72 Å². The van der Waals surface area contributed by atoms with E-state index >= 15 is 0 Å². The molecule has 0 aliphatic rings. The number of nitrogens with one attached hydrogen (secondary N) is 2. The van der Waals surface area contributed by atoms with Crippen LogP contribution in [0.1, 0.15) is 40.9 Å². The van der Waals surface area contributed by atoms with E-state index in [1.807, 2.05) is 38.1 Å². The number of hydrogen-bond acceptors (Lipinski definition) is 3. The van der Waals surface area contributed by atoms with Crippen LogP contribution in [0.2, 0.25) is 0 Å². The molecule has 156 valence electrons. The van der Waals surface area contributed by atoms with Crippen LogP contribution in [0.4, 0.5) is 10.1 Å². The molecule has 0 saturated heterocycles. The van der Waals surface area contributed by atoms with Crippen LogP contribution in [0, 0.1) is 12.7 Å². The molecule has 30 heavy (non-hydrogen) atoms. The first-order chi connectivity index (χ1) is 14.3. The number of sulfonamides is 1. The minimum absolute atomic E-state index is 0.123. The van der Waals surface area contributed by atoms with Crippen LogP contribution in [-0.2, 0) is 10.0 Å². The van der Waals surface area contributed by atoms with Gasteiger partial charge in [0.2, 0.25) is 0 Å².